The lowest BCUT2D eigenvalue weighted by Gasteiger charge is -2.43. The van der Waals surface area contributed by atoms with Gasteiger partial charge in [-0.2, -0.15) is 0 Å². The van der Waals surface area contributed by atoms with Crippen LogP contribution < -0.4 is 42.5 Å². The Hall–Kier alpha value is -3.24. The highest BCUT2D eigenvalue weighted by atomic mass is 16.2. The number of hydrogen-bond acceptors (Lipinski definition) is 12. The van der Waals surface area contributed by atoms with Crippen molar-refractivity contribution in [2.24, 2.45) is 47.3 Å². The van der Waals surface area contributed by atoms with Crippen molar-refractivity contribution in [1.29, 1.82) is 0 Å². The zero-order chi connectivity index (χ0) is 46.9. The molecule has 0 spiro atoms. The number of nitrogens with one attached hydrogen (secondary N) is 8. The molecule has 376 valence electrons. The fourth-order valence-electron chi connectivity index (χ4n) is 18.3. The van der Waals surface area contributed by atoms with Gasteiger partial charge in [0.05, 0.1) is 97.7 Å². The molecule has 4 saturated carbocycles. The lowest BCUT2D eigenvalue weighted by atomic mass is 9.71. The van der Waals surface area contributed by atoms with Gasteiger partial charge in [0, 0.05) is 54.4 Å². The zero-order valence-corrected chi connectivity index (χ0v) is 41.6. The van der Waals surface area contributed by atoms with Gasteiger partial charge in [0.1, 0.15) is 0 Å². The highest BCUT2D eigenvalue weighted by Gasteiger charge is 2.63. The molecular weight excluding hydrogens is 865 g/mol. The maximum Gasteiger partial charge on any atom is 0.320 e. The smallest absolute Gasteiger partial charge is 0.320 e. The summed E-state index contributed by atoms with van der Waals surface area (Å²) in [5, 5.41) is 34.1. The van der Waals surface area contributed by atoms with E-state index in [2.05, 4.69) is 89.8 Å². The summed E-state index contributed by atoms with van der Waals surface area (Å²) in [7, 11) is 8.03. The highest BCUT2D eigenvalue weighted by molar-refractivity contribution is 5.79. The van der Waals surface area contributed by atoms with Crippen LogP contribution in [0.1, 0.15) is 79.1 Å². The van der Waals surface area contributed by atoms with Gasteiger partial charge in [-0.15, -0.1) is 0 Å². The van der Waals surface area contributed by atoms with Crippen LogP contribution in [0.5, 0.6) is 0 Å². The Kier molecular flexibility index (Phi) is 10.6. The first-order valence-corrected chi connectivity index (χ1v) is 27.0. The summed E-state index contributed by atoms with van der Waals surface area (Å²) in [4.78, 5) is 71.6. The van der Waals surface area contributed by atoms with E-state index in [0.29, 0.717) is 26.2 Å². The molecule has 24 atom stereocenters. The molecule has 9 saturated heterocycles. The number of amides is 8. The van der Waals surface area contributed by atoms with Gasteiger partial charge in [-0.05, 0) is 126 Å². The van der Waals surface area contributed by atoms with E-state index in [1.807, 2.05) is 47.8 Å². The predicted octanol–water partition coefficient (Wildman–Crippen LogP) is -0.0172. The standard InChI is InChI=1S/C48H80N16O4/c1-9-61-33-17-25-21(13-29(33)57(5)45(61)65)37-49-38-22-14-30-34(62(10-2)46(66)58(30)6)18-26(22)42(51-38)53-40-24-16-32-36(64(12-4)48(68)60(32)8)20-28(24)44(55-40)56-43-27-19-35-31(59(7)47(67)63(35)11-3)15-23(27)39(54-43)52-41(25)50-37/h21-44,49-56H,9-20H2,1-8H3. The molecule has 8 N–H and O–H groups in total. The number of fused-ring (bicyclic) bond motifs is 24. The molecule has 4 aliphatic carbocycles. The third kappa shape index (κ3) is 6.18. The van der Waals surface area contributed by atoms with Crippen LogP contribution in [0.15, 0.2) is 0 Å². The van der Waals surface area contributed by atoms with Crippen molar-refractivity contribution in [2.75, 3.05) is 54.4 Å². The molecule has 8 bridgehead atoms. The molecule has 13 aliphatic rings. The van der Waals surface area contributed by atoms with Crippen LogP contribution in [0.3, 0.4) is 0 Å². The minimum Gasteiger partial charge on any atom is -0.323 e. The minimum atomic E-state index is -0.000563. The zero-order valence-electron chi connectivity index (χ0n) is 41.6. The van der Waals surface area contributed by atoms with Crippen molar-refractivity contribution in [1.82, 2.24) is 81.7 Å². The third-order valence-corrected chi connectivity index (χ3v) is 21.5. The fourth-order valence-corrected chi connectivity index (χ4v) is 18.3. The Morgan fingerprint density at radius 3 is 0.588 bits per heavy atom. The number of likely N-dealkylation sites (N-methyl/N-ethyl adjacent to an activating group) is 8. The highest BCUT2D eigenvalue weighted by Crippen LogP contribution is 2.51. The van der Waals surface area contributed by atoms with Gasteiger partial charge in [0.15, 0.2) is 0 Å². The number of carbonyl (C=O) groups excluding carboxylic acids is 4. The fraction of sp³-hybridized carbons (Fsp3) is 0.917. The Morgan fingerprint density at radius 1 is 0.294 bits per heavy atom. The summed E-state index contributed by atoms with van der Waals surface area (Å²) >= 11 is 0. The van der Waals surface area contributed by atoms with Crippen LogP contribution in [0, 0.1) is 47.3 Å². The van der Waals surface area contributed by atoms with E-state index in [9.17, 15) is 19.2 Å². The number of hydrogen-bond donors (Lipinski definition) is 8. The summed E-state index contributed by atoms with van der Waals surface area (Å²) in [6.07, 6.45) is 7.43. The van der Waals surface area contributed by atoms with Crippen LogP contribution in [-0.4, -0.2) is 215 Å². The van der Waals surface area contributed by atoms with Gasteiger partial charge < -0.3 is 39.2 Å². The molecule has 0 aromatic rings. The Labute approximate surface area is 402 Å². The maximum atomic E-state index is 13.8. The molecule has 0 aromatic carbocycles. The predicted molar refractivity (Wildman–Crippen MR) is 253 cm³/mol. The Bertz CT molecular complexity index is 1920. The number of carbonyl (C=O) groups is 4. The van der Waals surface area contributed by atoms with Crippen LogP contribution >= 0.6 is 0 Å². The van der Waals surface area contributed by atoms with Crippen LogP contribution in [0.2, 0.25) is 0 Å². The average Bonchev–Trinajstić information content (AvgIpc) is 4.20. The van der Waals surface area contributed by atoms with E-state index in [1.165, 1.54) is 0 Å². The summed E-state index contributed by atoms with van der Waals surface area (Å²) in [5.41, 5.74) is 0. The first kappa shape index (κ1) is 44.7. The van der Waals surface area contributed by atoms with Crippen LogP contribution in [0.25, 0.3) is 0 Å². The van der Waals surface area contributed by atoms with E-state index >= 15 is 0 Å². The van der Waals surface area contributed by atoms with Gasteiger partial charge in [0.25, 0.3) is 0 Å². The van der Waals surface area contributed by atoms with Crippen molar-refractivity contribution >= 4 is 24.1 Å². The molecule has 20 heteroatoms. The van der Waals surface area contributed by atoms with Crippen LogP contribution in [0.4, 0.5) is 19.2 Å². The monoisotopic (exact) mass is 945 g/mol. The molecule has 24 unspecified atom stereocenters. The van der Waals surface area contributed by atoms with Crippen molar-refractivity contribution in [3.8, 4) is 0 Å². The third-order valence-electron chi connectivity index (χ3n) is 21.5. The van der Waals surface area contributed by atoms with Crippen molar-refractivity contribution in [3.05, 3.63) is 0 Å². The molecule has 0 aromatic heterocycles. The summed E-state index contributed by atoms with van der Waals surface area (Å²) < 4.78 is 0. The van der Waals surface area contributed by atoms with Crippen LogP contribution in [-0.2, 0) is 0 Å². The largest absolute Gasteiger partial charge is 0.323 e. The van der Waals surface area contributed by atoms with Gasteiger partial charge in [-0.25, -0.2) is 19.2 Å². The Morgan fingerprint density at radius 2 is 0.441 bits per heavy atom. The lowest BCUT2D eigenvalue weighted by Crippen LogP contribution is -2.62. The van der Waals surface area contributed by atoms with E-state index < -0.39 is 0 Å². The van der Waals surface area contributed by atoms with Gasteiger partial charge in [-0.1, -0.05) is 0 Å². The first-order valence-electron chi connectivity index (χ1n) is 27.0. The molecule has 0 radical (unpaired) electrons. The molecule has 68 heavy (non-hydrogen) atoms. The van der Waals surface area contributed by atoms with Gasteiger partial charge >= 0.3 is 24.1 Å². The maximum absolute atomic E-state index is 13.8. The minimum absolute atomic E-state index is 0.0000333. The quantitative estimate of drug-likeness (QED) is 0.189. The number of urea groups is 4. The molecule has 9 heterocycles. The Balaban J connectivity index is 0.887. The second-order valence-electron chi connectivity index (χ2n) is 23.6. The van der Waals surface area contributed by atoms with Crippen molar-refractivity contribution < 1.29 is 19.2 Å². The van der Waals surface area contributed by atoms with E-state index in [0.717, 1.165) is 51.4 Å². The molecule has 20 nitrogen and oxygen atoms in total. The van der Waals surface area contributed by atoms with Gasteiger partial charge in [-0.3, -0.25) is 42.5 Å². The molecule has 8 amide bonds. The first-order chi connectivity index (χ1) is 32.8. The van der Waals surface area contributed by atoms with E-state index in [4.69, 9.17) is 0 Å². The number of rotatable bonds is 4. The number of nitrogens with zero attached hydrogens (tertiary/aromatic N) is 8. The second kappa shape index (κ2) is 16.1. The summed E-state index contributed by atoms with van der Waals surface area (Å²) in [6.45, 7) is 11.3. The topological polar surface area (TPSA) is 190 Å². The van der Waals surface area contributed by atoms with E-state index in [1.54, 1.807) is 0 Å². The summed E-state index contributed by atoms with van der Waals surface area (Å²) in [5.74, 6) is 2.28. The average molecular weight is 945 g/mol. The molecular formula is C48H80N16O4. The van der Waals surface area contributed by atoms with Gasteiger partial charge in [0.2, 0.25) is 0 Å². The van der Waals surface area contributed by atoms with E-state index in [-0.39, 0.29) is 169 Å². The SMILES string of the molecule is CCN1C(=O)N(C)C2CC3C4NC5NC(NC6NC(NC7NC(NC(N4)C3CC21)C1CC2C(CC71)N(CC)C(=O)N2C)C1CC2C(CC61)N(C)C(=O)N2CC)C1CC2C(CC51)N(C)C(=O)N2CC. The molecule has 9 aliphatic heterocycles. The summed E-state index contributed by atoms with van der Waals surface area (Å²) in [6, 6.07) is 1.92. The normalized spacial score (nSPS) is 51.3. The second-order valence-corrected chi connectivity index (χ2v) is 23.6. The van der Waals surface area contributed by atoms with Crippen molar-refractivity contribution in [3.63, 3.8) is 0 Å². The molecule has 13 fully saturated rings. The van der Waals surface area contributed by atoms with Crippen molar-refractivity contribution in [2.45, 2.75) is 177 Å². The lowest BCUT2D eigenvalue weighted by molar-refractivity contribution is 0.0837. The molecule has 13 rings (SSSR count).